The minimum atomic E-state index is 0.570. The Labute approximate surface area is 110 Å². The topological polar surface area (TPSA) is 54.0 Å². The molecule has 0 saturated heterocycles. The van der Waals surface area contributed by atoms with Crippen LogP contribution in [0.25, 0.3) is 5.65 Å². The molecule has 19 heavy (non-hydrogen) atoms. The highest BCUT2D eigenvalue weighted by Gasteiger charge is 1.97. The van der Waals surface area contributed by atoms with Crippen LogP contribution in [0.15, 0.2) is 48.8 Å². The van der Waals surface area contributed by atoms with Crippen LogP contribution in [0.4, 0.5) is 0 Å². The molecular weight excluding hydrogens is 236 g/mol. The van der Waals surface area contributed by atoms with Crippen LogP contribution in [-0.2, 0) is 0 Å². The molecular formula is C15H8N4. The van der Waals surface area contributed by atoms with Crippen molar-refractivity contribution in [1.29, 1.82) is 5.26 Å². The van der Waals surface area contributed by atoms with Crippen LogP contribution < -0.4 is 0 Å². The van der Waals surface area contributed by atoms with Crippen molar-refractivity contribution in [3.05, 3.63) is 65.6 Å². The van der Waals surface area contributed by atoms with Crippen molar-refractivity contribution in [3.63, 3.8) is 0 Å². The van der Waals surface area contributed by atoms with Crippen molar-refractivity contribution in [3.8, 4) is 17.9 Å². The molecule has 4 heteroatoms. The minimum Gasteiger partial charge on any atom is -0.223 e. The zero-order valence-electron chi connectivity index (χ0n) is 9.91. The Morgan fingerprint density at radius 2 is 1.84 bits per heavy atom. The fourth-order valence-corrected chi connectivity index (χ4v) is 1.70. The SMILES string of the molecule is N#Cc1ccccc1C#Cc1ccn2nccc2n1. The van der Waals surface area contributed by atoms with E-state index < -0.39 is 0 Å². The zero-order chi connectivity index (χ0) is 13.1. The Hall–Kier alpha value is -3.11. The van der Waals surface area contributed by atoms with Gasteiger partial charge in [-0.15, -0.1) is 0 Å². The Kier molecular flexibility index (Phi) is 2.69. The first kappa shape index (κ1) is 11.0. The van der Waals surface area contributed by atoms with Crippen LogP contribution in [-0.4, -0.2) is 14.6 Å². The van der Waals surface area contributed by atoms with Gasteiger partial charge < -0.3 is 0 Å². The lowest BCUT2D eigenvalue weighted by molar-refractivity contribution is 0.936. The highest BCUT2D eigenvalue weighted by atomic mass is 15.2. The lowest BCUT2D eigenvalue weighted by atomic mass is 10.1. The number of benzene rings is 1. The quantitative estimate of drug-likeness (QED) is 0.568. The lowest BCUT2D eigenvalue weighted by Crippen LogP contribution is -1.91. The zero-order valence-corrected chi connectivity index (χ0v) is 9.91. The molecule has 0 unspecified atom stereocenters. The molecule has 3 rings (SSSR count). The summed E-state index contributed by atoms with van der Waals surface area (Å²) in [4.78, 5) is 4.35. The van der Waals surface area contributed by atoms with E-state index in [1.165, 1.54) is 0 Å². The number of hydrogen-bond donors (Lipinski definition) is 0. The van der Waals surface area contributed by atoms with E-state index in [0.29, 0.717) is 16.8 Å². The fraction of sp³-hybridized carbons (Fsp3) is 0. The molecule has 3 aromatic rings. The van der Waals surface area contributed by atoms with Crippen molar-refractivity contribution < 1.29 is 0 Å². The summed E-state index contributed by atoms with van der Waals surface area (Å²) in [6.45, 7) is 0. The van der Waals surface area contributed by atoms with E-state index in [9.17, 15) is 0 Å². The smallest absolute Gasteiger partial charge is 0.156 e. The van der Waals surface area contributed by atoms with Gasteiger partial charge in [-0.25, -0.2) is 9.50 Å². The van der Waals surface area contributed by atoms with Gasteiger partial charge in [-0.2, -0.15) is 10.4 Å². The molecule has 2 heterocycles. The van der Waals surface area contributed by atoms with Gasteiger partial charge in [0.05, 0.1) is 11.8 Å². The molecule has 0 saturated carbocycles. The summed E-state index contributed by atoms with van der Waals surface area (Å²) >= 11 is 0. The lowest BCUT2D eigenvalue weighted by Gasteiger charge is -1.94. The standard InChI is InChI=1S/C15H8N4/c16-11-13-4-2-1-3-12(13)5-6-14-8-10-19-15(18-14)7-9-17-19/h1-4,7-10H. The third kappa shape index (κ3) is 2.15. The molecule has 2 aromatic heterocycles. The fourth-order valence-electron chi connectivity index (χ4n) is 1.70. The first-order valence-electron chi connectivity index (χ1n) is 5.68. The van der Waals surface area contributed by atoms with Crippen LogP contribution >= 0.6 is 0 Å². The second kappa shape index (κ2) is 4.64. The summed E-state index contributed by atoms with van der Waals surface area (Å²) < 4.78 is 1.68. The second-order valence-corrected chi connectivity index (χ2v) is 3.85. The number of nitrogens with zero attached hydrogens (tertiary/aromatic N) is 4. The summed E-state index contributed by atoms with van der Waals surface area (Å²) in [5.74, 6) is 5.94. The number of fused-ring (bicyclic) bond motifs is 1. The van der Waals surface area contributed by atoms with E-state index in [1.807, 2.05) is 30.5 Å². The van der Waals surface area contributed by atoms with E-state index in [0.717, 1.165) is 5.65 Å². The normalized spacial score (nSPS) is 9.63. The number of nitriles is 1. The predicted octanol–water partition coefficient (Wildman–Crippen LogP) is 2.00. The largest absolute Gasteiger partial charge is 0.223 e. The van der Waals surface area contributed by atoms with Crippen molar-refractivity contribution in [1.82, 2.24) is 14.6 Å². The van der Waals surface area contributed by atoms with Gasteiger partial charge in [-0.1, -0.05) is 18.1 Å². The number of rotatable bonds is 0. The average molecular weight is 244 g/mol. The van der Waals surface area contributed by atoms with E-state index >= 15 is 0 Å². The van der Waals surface area contributed by atoms with E-state index in [2.05, 4.69) is 28.0 Å². The molecule has 0 fully saturated rings. The van der Waals surface area contributed by atoms with Crippen molar-refractivity contribution in [2.24, 2.45) is 0 Å². The Morgan fingerprint density at radius 3 is 2.68 bits per heavy atom. The Morgan fingerprint density at radius 1 is 1.00 bits per heavy atom. The van der Waals surface area contributed by atoms with Crippen LogP contribution in [0.2, 0.25) is 0 Å². The summed E-state index contributed by atoms with van der Waals surface area (Å²) in [6, 6.07) is 13.0. The second-order valence-electron chi connectivity index (χ2n) is 3.85. The molecule has 0 spiro atoms. The van der Waals surface area contributed by atoms with Crippen LogP contribution in [0.1, 0.15) is 16.8 Å². The maximum atomic E-state index is 8.98. The highest BCUT2D eigenvalue weighted by Crippen LogP contribution is 2.06. The van der Waals surface area contributed by atoms with Gasteiger partial charge in [-0.3, -0.25) is 0 Å². The Bertz CT molecular complexity index is 843. The van der Waals surface area contributed by atoms with Gasteiger partial charge in [0.1, 0.15) is 11.8 Å². The van der Waals surface area contributed by atoms with E-state index in [1.54, 1.807) is 22.8 Å². The summed E-state index contributed by atoms with van der Waals surface area (Å²) in [7, 11) is 0. The van der Waals surface area contributed by atoms with E-state index in [-0.39, 0.29) is 0 Å². The van der Waals surface area contributed by atoms with Gasteiger partial charge >= 0.3 is 0 Å². The molecule has 88 valence electrons. The van der Waals surface area contributed by atoms with Crippen LogP contribution in [0.3, 0.4) is 0 Å². The third-order valence-corrected chi connectivity index (χ3v) is 2.63. The monoisotopic (exact) mass is 244 g/mol. The highest BCUT2D eigenvalue weighted by molar-refractivity contribution is 5.50. The Balaban J connectivity index is 2.01. The summed E-state index contributed by atoms with van der Waals surface area (Å²) in [5.41, 5.74) is 2.68. The maximum Gasteiger partial charge on any atom is 0.156 e. The van der Waals surface area contributed by atoms with E-state index in [4.69, 9.17) is 5.26 Å². The molecule has 1 aromatic carbocycles. The molecule has 0 radical (unpaired) electrons. The van der Waals surface area contributed by atoms with Crippen molar-refractivity contribution in [2.45, 2.75) is 0 Å². The van der Waals surface area contributed by atoms with Crippen molar-refractivity contribution in [2.75, 3.05) is 0 Å². The van der Waals surface area contributed by atoms with Crippen LogP contribution in [0.5, 0.6) is 0 Å². The van der Waals surface area contributed by atoms with Gasteiger partial charge in [-0.05, 0) is 24.1 Å². The number of hydrogen-bond acceptors (Lipinski definition) is 3. The van der Waals surface area contributed by atoms with Gasteiger partial charge in [0.25, 0.3) is 0 Å². The molecule has 0 aliphatic carbocycles. The van der Waals surface area contributed by atoms with Gasteiger partial charge in [0, 0.05) is 17.8 Å². The summed E-state index contributed by atoms with van der Waals surface area (Å²) in [5, 5.41) is 13.1. The third-order valence-electron chi connectivity index (χ3n) is 2.63. The minimum absolute atomic E-state index is 0.570. The van der Waals surface area contributed by atoms with Gasteiger partial charge in [0.15, 0.2) is 5.65 Å². The first-order chi connectivity index (χ1) is 9.36. The average Bonchev–Trinajstić information content (AvgIpc) is 2.93. The van der Waals surface area contributed by atoms with Crippen molar-refractivity contribution >= 4 is 5.65 Å². The first-order valence-corrected chi connectivity index (χ1v) is 5.68. The molecule has 0 aliphatic rings. The van der Waals surface area contributed by atoms with Gasteiger partial charge in [0.2, 0.25) is 0 Å². The predicted molar refractivity (Wildman–Crippen MR) is 70.1 cm³/mol. The molecule has 0 atom stereocenters. The summed E-state index contributed by atoms with van der Waals surface area (Å²) in [6.07, 6.45) is 3.49. The maximum absolute atomic E-state index is 8.98. The number of aromatic nitrogens is 3. The molecule has 0 aliphatic heterocycles. The molecule has 0 amide bonds. The molecule has 4 nitrogen and oxygen atoms in total. The molecule has 0 bridgehead atoms. The molecule has 0 N–H and O–H groups in total. The van der Waals surface area contributed by atoms with Crippen LogP contribution in [0, 0.1) is 23.2 Å².